The van der Waals surface area contributed by atoms with E-state index < -0.39 is 0 Å². The molecule has 0 amide bonds. The zero-order valence-corrected chi connectivity index (χ0v) is 8.84. The Morgan fingerprint density at radius 3 is 2.65 bits per heavy atom. The molecule has 0 saturated carbocycles. The zero-order chi connectivity index (χ0) is 11.7. The number of rotatable bonds is 2. The molecule has 3 aromatic rings. The Labute approximate surface area is 96.7 Å². The standard InChI is InChI=1S/C12H9FN4/c13-10-1-3-11(4-2-10)17-12(15-8-16-17)9-5-6-14-7-9/h1-8,14H. The maximum atomic E-state index is 12.9. The first kappa shape index (κ1) is 9.77. The molecule has 0 aliphatic heterocycles. The van der Waals surface area contributed by atoms with E-state index in [0.29, 0.717) is 0 Å². The number of H-pyrrole nitrogens is 1. The van der Waals surface area contributed by atoms with Crippen molar-refractivity contribution in [3.8, 4) is 17.1 Å². The third kappa shape index (κ3) is 1.71. The van der Waals surface area contributed by atoms with Crippen molar-refractivity contribution in [1.29, 1.82) is 0 Å². The van der Waals surface area contributed by atoms with Crippen molar-refractivity contribution in [2.24, 2.45) is 0 Å². The molecule has 2 aromatic heterocycles. The molecule has 0 unspecified atom stereocenters. The molecule has 0 aliphatic carbocycles. The van der Waals surface area contributed by atoms with Crippen LogP contribution in [0.1, 0.15) is 0 Å². The van der Waals surface area contributed by atoms with Crippen LogP contribution in [0, 0.1) is 5.82 Å². The Morgan fingerprint density at radius 2 is 1.94 bits per heavy atom. The van der Waals surface area contributed by atoms with E-state index in [-0.39, 0.29) is 5.82 Å². The maximum absolute atomic E-state index is 12.9. The lowest BCUT2D eigenvalue weighted by atomic mass is 10.3. The van der Waals surface area contributed by atoms with Gasteiger partial charge in [-0.05, 0) is 30.3 Å². The van der Waals surface area contributed by atoms with Crippen LogP contribution in [0.3, 0.4) is 0 Å². The Balaban J connectivity index is 2.10. The summed E-state index contributed by atoms with van der Waals surface area (Å²) in [5.41, 5.74) is 1.71. The summed E-state index contributed by atoms with van der Waals surface area (Å²) in [7, 11) is 0. The van der Waals surface area contributed by atoms with Crippen molar-refractivity contribution >= 4 is 0 Å². The number of aromatic nitrogens is 4. The second-order valence-corrected chi connectivity index (χ2v) is 3.57. The van der Waals surface area contributed by atoms with Gasteiger partial charge in [0, 0.05) is 18.0 Å². The molecule has 0 saturated heterocycles. The van der Waals surface area contributed by atoms with Crippen molar-refractivity contribution < 1.29 is 4.39 Å². The number of hydrogen-bond acceptors (Lipinski definition) is 2. The molecule has 3 rings (SSSR count). The highest BCUT2D eigenvalue weighted by molar-refractivity contribution is 5.56. The molecule has 5 heteroatoms. The molecule has 1 aromatic carbocycles. The van der Waals surface area contributed by atoms with Crippen molar-refractivity contribution in [2.45, 2.75) is 0 Å². The monoisotopic (exact) mass is 228 g/mol. The van der Waals surface area contributed by atoms with Gasteiger partial charge in [-0.3, -0.25) is 0 Å². The van der Waals surface area contributed by atoms with Gasteiger partial charge in [0.05, 0.1) is 5.69 Å². The van der Waals surface area contributed by atoms with Crippen LogP contribution in [0.15, 0.2) is 49.1 Å². The van der Waals surface area contributed by atoms with Crippen molar-refractivity contribution in [3.05, 3.63) is 54.9 Å². The van der Waals surface area contributed by atoms with Crippen molar-refractivity contribution in [2.75, 3.05) is 0 Å². The lowest BCUT2D eigenvalue weighted by Crippen LogP contribution is -1.98. The second kappa shape index (κ2) is 3.86. The van der Waals surface area contributed by atoms with Gasteiger partial charge >= 0.3 is 0 Å². The summed E-state index contributed by atoms with van der Waals surface area (Å²) in [5, 5.41) is 4.14. The molecule has 2 heterocycles. The van der Waals surface area contributed by atoms with E-state index in [1.54, 1.807) is 16.8 Å². The quantitative estimate of drug-likeness (QED) is 0.732. The van der Waals surface area contributed by atoms with Gasteiger partial charge in [-0.25, -0.2) is 14.1 Å². The van der Waals surface area contributed by atoms with Crippen LogP contribution in [0.4, 0.5) is 4.39 Å². The first-order chi connectivity index (χ1) is 8.34. The van der Waals surface area contributed by atoms with E-state index in [2.05, 4.69) is 15.1 Å². The SMILES string of the molecule is Fc1ccc(-n2ncnc2-c2cc[nH]c2)cc1. The number of hydrogen-bond donors (Lipinski definition) is 1. The summed E-state index contributed by atoms with van der Waals surface area (Å²) in [6, 6.07) is 8.04. The van der Waals surface area contributed by atoms with Crippen molar-refractivity contribution in [3.63, 3.8) is 0 Å². The highest BCUT2D eigenvalue weighted by Crippen LogP contribution is 2.19. The van der Waals surface area contributed by atoms with E-state index >= 15 is 0 Å². The minimum absolute atomic E-state index is 0.267. The molecular weight excluding hydrogens is 219 g/mol. The summed E-state index contributed by atoms with van der Waals surface area (Å²) in [4.78, 5) is 7.16. The minimum atomic E-state index is -0.267. The first-order valence-electron chi connectivity index (χ1n) is 5.14. The number of halogens is 1. The summed E-state index contributed by atoms with van der Waals surface area (Å²) >= 11 is 0. The maximum Gasteiger partial charge on any atom is 0.164 e. The van der Waals surface area contributed by atoms with Crippen LogP contribution in [0.25, 0.3) is 17.1 Å². The molecule has 4 nitrogen and oxygen atoms in total. The molecule has 17 heavy (non-hydrogen) atoms. The number of nitrogens with zero attached hydrogens (tertiary/aromatic N) is 3. The molecule has 0 spiro atoms. The molecule has 0 aliphatic rings. The highest BCUT2D eigenvalue weighted by atomic mass is 19.1. The van der Waals surface area contributed by atoms with Crippen LogP contribution in [0.2, 0.25) is 0 Å². The number of aromatic amines is 1. The van der Waals surface area contributed by atoms with Gasteiger partial charge < -0.3 is 4.98 Å². The summed E-state index contributed by atoms with van der Waals surface area (Å²) in [5.74, 6) is 0.454. The molecule has 0 fully saturated rings. The molecule has 0 bridgehead atoms. The number of nitrogens with one attached hydrogen (secondary N) is 1. The van der Waals surface area contributed by atoms with E-state index in [1.165, 1.54) is 18.5 Å². The highest BCUT2D eigenvalue weighted by Gasteiger charge is 2.09. The van der Waals surface area contributed by atoms with Crippen LogP contribution in [0.5, 0.6) is 0 Å². The fourth-order valence-electron chi connectivity index (χ4n) is 1.67. The molecule has 84 valence electrons. The Hall–Kier alpha value is -2.43. The average molecular weight is 228 g/mol. The van der Waals surface area contributed by atoms with E-state index in [0.717, 1.165) is 17.1 Å². The van der Waals surface area contributed by atoms with Gasteiger partial charge in [0.2, 0.25) is 0 Å². The normalized spacial score (nSPS) is 10.6. The van der Waals surface area contributed by atoms with Crippen LogP contribution < -0.4 is 0 Å². The lowest BCUT2D eigenvalue weighted by molar-refractivity contribution is 0.627. The third-order valence-electron chi connectivity index (χ3n) is 2.48. The van der Waals surface area contributed by atoms with Gasteiger partial charge in [0.15, 0.2) is 5.82 Å². The lowest BCUT2D eigenvalue weighted by Gasteiger charge is -2.04. The summed E-state index contributed by atoms with van der Waals surface area (Å²) < 4.78 is 14.5. The summed E-state index contributed by atoms with van der Waals surface area (Å²) in [6.45, 7) is 0. The topological polar surface area (TPSA) is 46.5 Å². The van der Waals surface area contributed by atoms with Gasteiger partial charge in [0.1, 0.15) is 12.1 Å². The zero-order valence-electron chi connectivity index (χ0n) is 8.84. The first-order valence-corrected chi connectivity index (χ1v) is 5.14. The van der Waals surface area contributed by atoms with E-state index in [9.17, 15) is 4.39 Å². The third-order valence-corrected chi connectivity index (χ3v) is 2.48. The van der Waals surface area contributed by atoms with Gasteiger partial charge in [-0.1, -0.05) is 0 Å². The fraction of sp³-hybridized carbons (Fsp3) is 0. The molecular formula is C12H9FN4. The Kier molecular flexibility index (Phi) is 2.22. The largest absolute Gasteiger partial charge is 0.367 e. The van der Waals surface area contributed by atoms with Gasteiger partial charge in [-0.15, -0.1) is 0 Å². The molecule has 1 N–H and O–H groups in total. The van der Waals surface area contributed by atoms with Gasteiger partial charge in [-0.2, -0.15) is 5.10 Å². The molecule has 0 atom stereocenters. The summed E-state index contributed by atoms with van der Waals surface area (Å²) in [6.07, 6.45) is 5.13. The van der Waals surface area contributed by atoms with Crippen LogP contribution in [-0.4, -0.2) is 19.7 Å². The predicted molar refractivity (Wildman–Crippen MR) is 61.1 cm³/mol. The Bertz CT molecular complexity index is 610. The average Bonchev–Trinajstić information content (AvgIpc) is 3.00. The second-order valence-electron chi connectivity index (χ2n) is 3.57. The van der Waals surface area contributed by atoms with E-state index in [4.69, 9.17) is 0 Å². The van der Waals surface area contributed by atoms with Gasteiger partial charge in [0.25, 0.3) is 0 Å². The Morgan fingerprint density at radius 1 is 1.12 bits per heavy atom. The van der Waals surface area contributed by atoms with Crippen LogP contribution in [-0.2, 0) is 0 Å². The van der Waals surface area contributed by atoms with Crippen molar-refractivity contribution in [1.82, 2.24) is 19.7 Å². The molecule has 0 radical (unpaired) electrons. The predicted octanol–water partition coefficient (Wildman–Crippen LogP) is 2.40. The number of benzene rings is 1. The minimum Gasteiger partial charge on any atom is -0.367 e. The smallest absolute Gasteiger partial charge is 0.164 e. The van der Waals surface area contributed by atoms with E-state index in [1.807, 2.05) is 18.5 Å². The fourth-order valence-corrected chi connectivity index (χ4v) is 1.67. The van der Waals surface area contributed by atoms with Crippen LogP contribution >= 0.6 is 0 Å².